The van der Waals surface area contributed by atoms with Crippen LogP contribution in [0.3, 0.4) is 0 Å². The quantitative estimate of drug-likeness (QED) is 0.766. The van der Waals surface area contributed by atoms with Gasteiger partial charge in [0.05, 0.1) is 19.4 Å². The second-order valence-corrected chi connectivity index (χ2v) is 8.36. The number of amides is 2. The van der Waals surface area contributed by atoms with Gasteiger partial charge in [0.1, 0.15) is 11.6 Å². The van der Waals surface area contributed by atoms with E-state index in [0.717, 1.165) is 22.6 Å². The van der Waals surface area contributed by atoms with Crippen LogP contribution in [0.5, 0.6) is 5.75 Å². The molecule has 0 spiro atoms. The molecular weight excluding hydrogens is 385 g/mol. The minimum absolute atomic E-state index is 0.207. The summed E-state index contributed by atoms with van der Waals surface area (Å²) in [5.74, 6) is 0.424. The number of urea groups is 1. The molecule has 0 aliphatic carbocycles. The predicted octanol–water partition coefficient (Wildman–Crippen LogP) is 4.34. The fraction of sp³-hybridized carbons (Fsp3) is 0.391. The van der Waals surface area contributed by atoms with Gasteiger partial charge in [-0.2, -0.15) is 0 Å². The van der Waals surface area contributed by atoms with E-state index in [2.05, 4.69) is 10.5 Å². The molecule has 0 saturated heterocycles. The second kappa shape index (κ2) is 9.15. The van der Waals surface area contributed by atoms with Crippen LogP contribution < -0.4 is 10.1 Å². The number of para-hydroxylation sites is 1. The third-order valence-corrected chi connectivity index (χ3v) is 4.63. The number of hydrogen-bond donors (Lipinski definition) is 1. The van der Waals surface area contributed by atoms with E-state index in [1.165, 1.54) is 12.1 Å². The molecule has 1 aliphatic rings. The Bertz CT molecular complexity index is 907. The molecule has 1 heterocycles. The molecule has 2 aromatic rings. The van der Waals surface area contributed by atoms with E-state index in [0.29, 0.717) is 19.5 Å². The molecule has 0 radical (unpaired) electrons. The van der Waals surface area contributed by atoms with Crippen molar-refractivity contribution in [3.05, 3.63) is 65.5 Å². The molecule has 0 bridgehead atoms. The SMILES string of the molecule is COc1ccccc1C1=NO[C@@H](CN(Cc2ccc(F)cc2)C(=O)NC(C)(C)C)C1. The average Bonchev–Trinajstić information content (AvgIpc) is 3.16. The smallest absolute Gasteiger partial charge is 0.318 e. The van der Waals surface area contributed by atoms with Gasteiger partial charge in [0.15, 0.2) is 6.10 Å². The van der Waals surface area contributed by atoms with Crippen molar-refractivity contribution < 1.29 is 18.8 Å². The number of nitrogens with zero attached hydrogens (tertiary/aromatic N) is 2. The molecule has 0 aromatic heterocycles. The summed E-state index contributed by atoms with van der Waals surface area (Å²) in [6.07, 6.45) is 0.277. The molecule has 160 valence electrons. The van der Waals surface area contributed by atoms with Gasteiger partial charge in [0, 0.05) is 24.1 Å². The molecule has 3 rings (SSSR count). The molecule has 7 heteroatoms. The number of ether oxygens (including phenoxy) is 1. The fourth-order valence-corrected chi connectivity index (χ4v) is 3.24. The molecule has 6 nitrogen and oxygen atoms in total. The van der Waals surface area contributed by atoms with Gasteiger partial charge in [-0.15, -0.1) is 0 Å². The van der Waals surface area contributed by atoms with Gasteiger partial charge in [-0.3, -0.25) is 0 Å². The minimum Gasteiger partial charge on any atom is -0.496 e. The van der Waals surface area contributed by atoms with E-state index >= 15 is 0 Å². The molecule has 2 amide bonds. The third kappa shape index (κ3) is 5.72. The number of halogens is 1. The number of rotatable bonds is 6. The molecule has 2 aromatic carbocycles. The Kier molecular flexibility index (Phi) is 6.59. The van der Waals surface area contributed by atoms with Gasteiger partial charge in [0.2, 0.25) is 0 Å². The van der Waals surface area contributed by atoms with E-state index in [-0.39, 0.29) is 23.5 Å². The first kappa shape index (κ1) is 21.6. The van der Waals surface area contributed by atoms with Crippen molar-refractivity contribution >= 4 is 11.7 Å². The van der Waals surface area contributed by atoms with Gasteiger partial charge in [-0.05, 0) is 50.6 Å². The van der Waals surface area contributed by atoms with Crippen LogP contribution in [-0.2, 0) is 11.4 Å². The van der Waals surface area contributed by atoms with E-state index in [4.69, 9.17) is 9.57 Å². The molecule has 1 aliphatic heterocycles. The zero-order valence-corrected chi connectivity index (χ0v) is 17.8. The Morgan fingerprint density at radius 3 is 2.60 bits per heavy atom. The summed E-state index contributed by atoms with van der Waals surface area (Å²) < 4.78 is 18.7. The highest BCUT2D eigenvalue weighted by atomic mass is 19.1. The first-order chi connectivity index (χ1) is 14.2. The predicted molar refractivity (Wildman–Crippen MR) is 114 cm³/mol. The van der Waals surface area contributed by atoms with Crippen LogP contribution in [0.15, 0.2) is 53.7 Å². The van der Waals surface area contributed by atoms with E-state index < -0.39 is 0 Å². The highest BCUT2D eigenvalue weighted by molar-refractivity contribution is 6.03. The van der Waals surface area contributed by atoms with Crippen molar-refractivity contribution in [3.63, 3.8) is 0 Å². The lowest BCUT2D eigenvalue weighted by Crippen LogP contribution is -2.50. The number of carbonyl (C=O) groups is 1. The van der Waals surface area contributed by atoms with Crippen LogP contribution in [0.4, 0.5) is 9.18 Å². The highest BCUT2D eigenvalue weighted by Crippen LogP contribution is 2.25. The van der Waals surface area contributed by atoms with Crippen molar-refractivity contribution in [3.8, 4) is 5.75 Å². The van der Waals surface area contributed by atoms with Gasteiger partial charge < -0.3 is 19.8 Å². The monoisotopic (exact) mass is 413 g/mol. The van der Waals surface area contributed by atoms with Crippen LogP contribution in [-0.4, -0.2) is 41.9 Å². The number of benzene rings is 2. The first-order valence-corrected chi connectivity index (χ1v) is 9.93. The lowest BCUT2D eigenvalue weighted by Gasteiger charge is -2.29. The molecular formula is C23H28FN3O3. The highest BCUT2D eigenvalue weighted by Gasteiger charge is 2.29. The summed E-state index contributed by atoms with van der Waals surface area (Å²) in [6, 6.07) is 13.6. The summed E-state index contributed by atoms with van der Waals surface area (Å²) in [7, 11) is 1.62. The second-order valence-electron chi connectivity index (χ2n) is 8.36. The molecule has 1 N–H and O–H groups in total. The van der Waals surface area contributed by atoms with Gasteiger partial charge in [-0.1, -0.05) is 29.4 Å². The number of oxime groups is 1. The summed E-state index contributed by atoms with van der Waals surface area (Å²) >= 11 is 0. The fourth-order valence-electron chi connectivity index (χ4n) is 3.24. The number of hydrogen-bond acceptors (Lipinski definition) is 4. The number of methoxy groups -OCH3 is 1. The lowest BCUT2D eigenvalue weighted by molar-refractivity contribution is 0.0580. The van der Waals surface area contributed by atoms with Crippen molar-refractivity contribution in [2.24, 2.45) is 5.16 Å². The third-order valence-electron chi connectivity index (χ3n) is 4.63. The standard InChI is InChI=1S/C23H28FN3O3/c1-23(2,3)25-22(28)27(14-16-9-11-17(24)12-10-16)15-18-13-20(26-30-18)19-7-5-6-8-21(19)29-4/h5-12,18H,13-15H2,1-4H3,(H,25,28)/t18-/m1/s1. The number of carbonyl (C=O) groups excluding carboxylic acids is 1. The van der Waals surface area contributed by atoms with E-state index in [1.807, 2.05) is 45.0 Å². The van der Waals surface area contributed by atoms with E-state index in [9.17, 15) is 9.18 Å². The van der Waals surface area contributed by atoms with Crippen molar-refractivity contribution in [1.82, 2.24) is 10.2 Å². The summed E-state index contributed by atoms with van der Waals surface area (Å²) in [5.41, 5.74) is 2.12. The Hall–Kier alpha value is -3.09. The zero-order chi connectivity index (χ0) is 21.7. The minimum atomic E-state index is -0.381. The zero-order valence-electron chi connectivity index (χ0n) is 17.8. The maximum absolute atomic E-state index is 13.3. The molecule has 0 unspecified atom stereocenters. The Balaban J connectivity index is 1.71. The number of nitrogens with one attached hydrogen (secondary N) is 1. The maximum atomic E-state index is 13.3. The topological polar surface area (TPSA) is 63.2 Å². The van der Waals surface area contributed by atoms with Crippen LogP contribution in [0.1, 0.15) is 38.3 Å². The van der Waals surface area contributed by atoms with Crippen LogP contribution in [0.25, 0.3) is 0 Å². The van der Waals surface area contributed by atoms with Crippen LogP contribution in [0.2, 0.25) is 0 Å². The molecule has 0 saturated carbocycles. The van der Waals surface area contributed by atoms with Gasteiger partial charge in [0.25, 0.3) is 0 Å². The van der Waals surface area contributed by atoms with Crippen LogP contribution in [0, 0.1) is 5.82 Å². The average molecular weight is 413 g/mol. The molecule has 0 fully saturated rings. The normalized spacial score (nSPS) is 15.9. The van der Waals surface area contributed by atoms with Crippen molar-refractivity contribution in [1.29, 1.82) is 0 Å². The van der Waals surface area contributed by atoms with Gasteiger partial charge >= 0.3 is 6.03 Å². The van der Waals surface area contributed by atoms with Crippen molar-refractivity contribution in [2.75, 3.05) is 13.7 Å². The van der Waals surface area contributed by atoms with Crippen LogP contribution >= 0.6 is 0 Å². The van der Waals surface area contributed by atoms with Crippen molar-refractivity contribution in [2.45, 2.75) is 45.4 Å². The molecule has 1 atom stereocenters. The summed E-state index contributed by atoms with van der Waals surface area (Å²) in [5, 5.41) is 7.22. The van der Waals surface area contributed by atoms with Gasteiger partial charge in [-0.25, -0.2) is 9.18 Å². The largest absolute Gasteiger partial charge is 0.496 e. The lowest BCUT2D eigenvalue weighted by atomic mass is 10.0. The Morgan fingerprint density at radius 1 is 1.23 bits per heavy atom. The summed E-state index contributed by atoms with van der Waals surface area (Å²) in [4.78, 5) is 20.2. The summed E-state index contributed by atoms with van der Waals surface area (Å²) in [6.45, 7) is 6.47. The Morgan fingerprint density at radius 2 is 1.93 bits per heavy atom. The van der Waals surface area contributed by atoms with E-state index in [1.54, 1.807) is 24.1 Å². The molecule has 30 heavy (non-hydrogen) atoms. The first-order valence-electron chi connectivity index (χ1n) is 9.93. The Labute approximate surface area is 176 Å². The maximum Gasteiger partial charge on any atom is 0.318 e.